The van der Waals surface area contributed by atoms with Crippen molar-refractivity contribution in [3.63, 3.8) is 0 Å². The Morgan fingerprint density at radius 3 is 2.80 bits per heavy atom. The van der Waals surface area contributed by atoms with Crippen LogP contribution in [0.5, 0.6) is 0 Å². The van der Waals surface area contributed by atoms with Crippen LogP contribution in [-0.4, -0.2) is 16.0 Å². The lowest BCUT2D eigenvalue weighted by Crippen LogP contribution is -2.07. The number of nitro groups is 1. The third kappa shape index (κ3) is 3.14. The van der Waals surface area contributed by atoms with E-state index in [1.807, 2.05) is 11.4 Å². The van der Waals surface area contributed by atoms with Gasteiger partial charge in [-0.15, -0.1) is 11.3 Å². The Labute approximate surface area is 126 Å². The Bertz CT molecular complexity index is 671. The summed E-state index contributed by atoms with van der Waals surface area (Å²) in [7, 11) is 0. The Hall–Kier alpha value is -1.93. The Morgan fingerprint density at radius 2 is 2.25 bits per heavy atom. The molecule has 0 amide bonds. The lowest BCUT2D eigenvalue weighted by molar-refractivity contribution is -0.384. The smallest absolute Gasteiger partial charge is 0.342 e. The first-order valence-electron chi connectivity index (χ1n) is 5.46. The van der Waals surface area contributed by atoms with Gasteiger partial charge in [0.05, 0.1) is 4.92 Å². The molecule has 1 aromatic carbocycles. The molecule has 0 atom stereocenters. The fourth-order valence-corrected chi connectivity index (χ4v) is 3.08. The van der Waals surface area contributed by atoms with Crippen LogP contribution in [0, 0.1) is 10.1 Å². The zero-order valence-corrected chi connectivity index (χ0v) is 12.4. The molecule has 0 spiro atoms. The van der Waals surface area contributed by atoms with Crippen LogP contribution >= 0.6 is 27.3 Å². The highest BCUT2D eigenvalue weighted by Gasteiger charge is 2.23. The number of benzene rings is 1. The summed E-state index contributed by atoms with van der Waals surface area (Å²) in [5.74, 6) is -1.32. The summed E-state index contributed by atoms with van der Waals surface area (Å²) in [6.07, 6.45) is 0. The fourth-order valence-electron chi connectivity index (χ4n) is 1.68. The van der Waals surface area contributed by atoms with Gasteiger partial charge in [-0.25, -0.2) is 4.79 Å². The molecule has 0 aliphatic carbocycles. The average Bonchev–Trinajstić information content (AvgIpc) is 2.81. The predicted octanol–water partition coefficient (Wildman–Crippen LogP) is 3.73. The van der Waals surface area contributed by atoms with Crippen LogP contribution in [0.4, 0.5) is 11.4 Å². The van der Waals surface area contributed by atoms with Crippen molar-refractivity contribution in [2.24, 2.45) is 0 Å². The normalized spacial score (nSPS) is 10.2. The quantitative estimate of drug-likeness (QED) is 0.628. The van der Waals surface area contributed by atoms with Crippen molar-refractivity contribution in [2.45, 2.75) is 6.54 Å². The highest BCUT2D eigenvalue weighted by Crippen LogP contribution is 2.29. The summed E-state index contributed by atoms with van der Waals surface area (Å²) < 4.78 is 0.938. The minimum atomic E-state index is -1.32. The number of carboxylic acids is 1. The van der Waals surface area contributed by atoms with Crippen LogP contribution < -0.4 is 5.32 Å². The van der Waals surface area contributed by atoms with E-state index >= 15 is 0 Å². The van der Waals surface area contributed by atoms with Gasteiger partial charge in [0.25, 0.3) is 0 Å². The number of hydrogen-bond donors (Lipinski definition) is 2. The van der Waals surface area contributed by atoms with Gasteiger partial charge in [0.1, 0.15) is 11.3 Å². The topological polar surface area (TPSA) is 92.5 Å². The van der Waals surface area contributed by atoms with Crippen molar-refractivity contribution >= 4 is 44.6 Å². The van der Waals surface area contributed by atoms with Gasteiger partial charge < -0.3 is 10.4 Å². The molecule has 1 heterocycles. The van der Waals surface area contributed by atoms with Crippen molar-refractivity contribution in [3.8, 4) is 0 Å². The van der Waals surface area contributed by atoms with Crippen molar-refractivity contribution in [1.82, 2.24) is 0 Å². The SMILES string of the molecule is O=C(O)c1cccc(NCc2cc(Br)cs2)c1[N+](=O)[O-]. The highest BCUT2D eigenvalue weighted by atomic mass is 79.9. The second kappa shape index (κ2) is 6.02. The molecule has 0 aliphatic heterocycles. The summed E-state index contributed by atoms with van der Waals surface area (Å²) in [4.78, 5) is 22.4. The molecule has 0 unspecified atom stereocenters. The summed E-state index contributed by atoms with van der Waals surface area (Å²) in [5, 5.41) is 24.9. The first-order valence-corrected chi connectivity index (χ1v) is 7.14. The predicted molar refractivity (Wildman–Crippen MR) is 79.4 cm³/mol. The Balaban J connectivity index is 2.29. The van der Waals surface area contributed by atoms with Crippen LogP contribution in [0.15, 0.2) is 34.1 Å². The largest absolute Gasteiger partial charge is 0.477 e. The molecule has 104 valence electrons. The summed E-state index contributed by atoms with van der Waals surface area (Å²) in [6.45, 7) is 0.389. The summed E-state index contributed by atoms with van der Waals surface area (Å²) in [5.41, 5.74) is -0.553. The third-order valence-electron chi connectivity index (χ3n) is 2.52. The fraction of sp³-hybridized carbons (Fsp3) is 0.0833. The molecular formula is C12H9BrN2O4S. The second-order valence-electron chi connectivity index (χ2n) is 3.85. The number of halogens is 1. The van der Waals surface area contributed by atoms with Crippen molar-refractivity contribution in [3.05, 3.63) is 54.7 Å². The number of anilines is 1. The monoisotopic (exact) mass is 356 g/mol. The maximum Gasteiger partial charge on any atom is 0.342 e. The number of nitrogens with one attached hydrogen (secondary N) is 1. The lowest BCUT2D eigenvalue weighted by Gasteiger charge is -2.07. The highest BCUT2D eigenvalue weighted by molar-refractivity contribution is 9.10. The molecule has 6 nitrogen and oxygen atoms in total. The van der Waals surface area contributed by atoms with Gasteiger partial charge in [-0.1, -0.05) is 6.07 Å². The molecule has 8 heteroatoms. The molecule has 20 heavy (non-hydrogen) atoms. The molecule has 2 rings (SSSR count). The van der Waals surface area contributed by atoms with Crippen molar-refractivity contribution in [2.75, 3.05) is 5.32 Å². The molecule has 0 fully saturated rings. The van der Waals surface area contributed by atoms with Crippen molar-refractivity contribution in [1.29, 1.82) is 0 Å². The first-order chi connectivity index (χ1) is 9.49. The molecule has 0 aliphatic rings. The van der Waals surface area contributed by atoms with E-state index in [1.54, 1.807) is 0 Å². The van der Waals surface area contributed by atoms with E-state index in [0.717, 1.165) is 9.35 Å². The van der Waals surface area contributed by atoms with Crippen LogP contribution in [0.1, 0.15) is 15.2 Å². The Kier molecular flexibility index (Phi) is 4.35. The van der Waals surface area contributed by atoms with Crippen molar-refractivity contribution < 1.29 is 14.8 Å². The number of carboxylic acid groups (broad SMARTS) is 1. The van der Waals surface area contributed by atoms with E-state index in [0.29, 0.717) is 6.54 Å². The van der Waals surface area contributed by atoms with Gasteiger partial charge in [0, 0.05) is 21.3 Å². The number of rotatable bonds is 5. The number of aromatic carboxylic acids is 1. The zero-order chi connectivity index (χ0) is 14.7. The Morgan fingerprint density at radius 1 is 1.50 bits per heavy atom. The molecule has 1 aromatic heterocycles. The van der Waals surface area contributed by atoms with E-state index < -0.39 is 16.6 Å². The van der Waals surface area contributed by atoms with Crippen LogP contribution in [0.25, 0.3) is 0 Å². The number of hydrogen-bond acceptors (Lipinski definition) is 5. The maximum atomic E-state index is 11.1. The minimum Gasteiger partial charge on any atom is -0.477 e. The number of nitro benzene ring substituents is 1. The lowest BCUT2D eigenvalue weighted by atomic mass is 10.1. The number of para-hydroxylation sites is 1. The molecule has 0 bridgehead atoms. The van der Waals surface area contributed by atoms with E-state index in [9.17, 15) is 14.9 Å². The van der Waals surface area contributed by atoms with E-state index in [-0.39, 0.29) is 11.3 Å². The first kappa shape index (κ1) is 14.5. The molecule has 2 N–H and O–H groups in total. The standard InChI is InChI=1S/C12H9BrN2O4S/c13-7-4-8(20-6-7)5-14-10-3-1-2-9(12(16)17)11(10)15(18)19/h1-4,6,14H,5H2,(H,16,17). The number of nitrogens with zero attached hydrogens (tertiary/aromatic N) is 1. The maximum absolute atomic E-state index is 11.1. The third-order valence-corrected chi connectivity index (χ3v) is 4.22. The number of thiophene rings is 1. The summed E-state index contributed by atoms with van der Waals surface area (Å²) in [6, 6.07) is 6.08. The van der Waals surface area contributed by atoms with Gasteiger partial charge in [0.2, 0.25) is 0 Å². The van der Waals surface area contributed by atoms with E-state index in [1.165, 1.54) is 29.5 Å². The van der Waals surface area contributed by atoms with Gasteiger partial charge in [-0.3, -0.25) is 10.1 Å². The molecule has 0 radical (unpaired) electrons. The summed E-state index contributed by atoms with van der Waals surface area (Å²) >= 11 is 4.82. The van der Waals surface area contributed by atoms with E-state index in [2.05, 4.69) is 21.2 Å². The van der Waals surface area contributed by atoms with Crippen LogP contribution in [0.2, 0.25) is 0 Å². The molecule has 0 saturated carbocycles. The molecule has 0 saturated heterocycles. The average molecular weight is 357 g/mol. The van der Waals surface area contributed by atoms with Gasteiger partial charge >= 0.3 is 11.7 Å². The number of carbonyl (C=O) groups is 1. The van der Waals surface area contributed by atoms with Gasteiger partial charge in [0.15, 0.2) is 0 Å². The molecule has 2 aromatic rings. The molecular weight excluding hydrogens is 348 g/mol. The minimum absolute atomic E-state index is 0.194. The van der Waals surface area contributed by atoms with Crippen LogP contribution in [0.3, 0.4) is 0 Å². The van der Waals surface area contributed by atoms with Gasteiger partial charge in [-0.05, 0) is 34.1 Å². The second-order valence-corrected chi connectivity index (χ2v) is 5.76. The van der Waals surface area contributed by atoms with Crippen LogP contribution in [-0.2, 0) is 6.54 Å². The zero-order valence-electron chi connectivity index (χ0n) is 10.00. The van der Waals surface area contributed by atoms with Gasteiger partial charge in [-0.2, -0.15) is 0 Å². The van der Waals surface area contributed by atoms with E-state index in [4.69, 9.17) is 5.11 Å².